The van der Waals surface area contributed by atoms with E-state index in [1.165, 1.54) is 0 Å². The third-order valence-electron chi connectivity index (χ3n) is 12.9. The predicted octanol–water partition coefficient (Wildman–Crippen LogP) is 5.56. The molecule has 14 heteroatoms. The Morgan fingerprint density at radius 2 is 1.45 bits per heavy atom. The minimum atomic E-state index is -3.57. The number of sulfone groups is 1. The number of carbonyl (C=O) groups is 5. The Hall–Kier alpha value is -1.97. The van der Waals surface area contributed by atoms with Crippen molar-refractivity contribution in [2.75, 3.05) is 16.7 Å². The van der Waals surface area contributed by atoms with Crippen LogP contribution in [-0.2, 0) is 29.0 Å². The zero-order valence-corrected chi connectivity index (χ0v) is 36.2. The van der Waals surface area contributed by atoms with E-state index in [2.05, 4.69) is 19.5 Å². The molecular formula is C39H66IN5O7S. The summed E-state index contributed by atoms with van der Waals surface area (Å²) in [7, 11) is -3.57. The van der Waals surface area contributed by atoms with Crippen molar-refractivity contribution < 1.29 is 32.4 Å². The van der Waals surface area contributed by atoms with Gasteiger partial charge < -0.3 is 0 Å². The van der Waals surface area contributed by atoms with Crippen LogP contribution >= 0.6 is 20.1 Å². The monoisotopic (exact) mass is 875 g/mol. The molecule has 5 amide bonds. The second-order valence-electron chi connectivity index (χ2n) is 18.9. The Morgan fingerprint density at radius 3 is 2.00 bits per heavy atom. The molecule has 1 heterocycles. The zero-order valence-electron chi connectivity index (χ0n) is 33.2. The fraction of sp³-hybridized carbons (Fsp3) is 0.872. The summed E-state index contributed by atoms with van der Waals surface area (Å²) in [4.78, 5) is 71.6. The van der Waals surface area contributed by atoms with Crippen molar-refractivity contribution in [3.8, 4) is 0 Å². The number of alkyl halides is 1. The van der Waals surface area contributed by atoms with Crippen molar-refractivity contribution in [3.63, 3.8) is 0 Å². The zero-order chi connectivity index (χ0) is 39.0. The number of likely N-dealkylation sites (tertiary alicyclic amines) is 1. The van der Waals surface area contributed by atoms with Gasteiger partial charge in [-0.1, -0.05) is 6.42 Å². The van der Waals surface area contributed by atoms with Gasteiger partial charge in [-0.2, -0.15) is 0 Å². The molecule has 4 N–H and O–H groups in total. The molecule has 1 saturated heterocycles. The molecule has 0 radical (unpaired) electrons. The van der Waals surface area contributed by atoms with Gasteiger partial charge in [0.05, 0.1) is 4.75 Å². The summed E-state index contributed by atoms with van der Waals surface area (Å²) < 4.78 is 29.1. The van der Waals surface area contributed by atoms with E-state index in [1.54, 1.807) is 25.7 Å². The molecule has 0 spiro atoms. The summed E-state index contributed by atoms with van der Waals surface area (Å²) in [6, 6.07) is -2.35. The summed E-state index contributed by atoms with van der Waals surface area (Å²) in [6.07, 6.45) is 12.6. The molecule has 4 saturated carbocycles. The molecule has 1 unspecified atom stereocenters. The van der Waals surface area contributed by atoms with Crippen molar-refractivity contribution in [1.82, 2.24) is 24.4 Å². The number of rotatable bonds is 14. The molecule has 4 aliphatic carbocycles. The molecular weight excluding hydrogens is 809 g/mol. The van der Waals surface area contributed by atoms with Crippen LogP contribution < -0.4 is 19.5 Å². The molecule has 5 fully saturated rings. The number of nitrogens with one attached hydrogen (secondary N) is 4. The molecule has 5 aliphatic rings. The molecule has 53 heavy (non-hydrogen) atoms. The van der Waals surface area contributed by atoms with E-state index in [-0.39, 0.29) is 23.6 Å². The standard InChI is InChI=1S/C39H66IN5O7S/c1-26-29(32(47)44-40(23-18-27-14-15-27)31(46)33(48)41-28-16-17-28)45(24-37(26,5)6)34(49)30(38(7)19-10-8-11-20-38)42-35(50)43-39(21-12-9-13-22-39)25-53(51,52)36(2,3)4/h26-30H,8-25H2,1-7H3,(H,41,48)(H,44,47)(H2,42,43,50)/t26?,29-,30+/m0/s1. The van der Waals surface area contributed by atoms with Crippen LogP contribution in [0.5, 0.6) is 0 Å². The second-order valence-corrected chi connectivity index (χ2v) is 26.3. The number of carbonyl (C=O) groups excluding carboxylic acids is 5. The average Bonchev–Trinajstić information content (AvgIpc) is 4.01. The van der Waals surface area contributed by atoms with Crippen molar-refractivity contribution >= 4 is 57.5 Å². The van der Waals surface area contributed by atoms with E-state index in [0.717, 1.165) is 83.5 Å². The van der Waals surface area contributed by atoms with Crippen molar-refractivity contribution in [3.05, 3.63) is 0 Å². The quantitative estimate of drug-likeness (QED) is 0.0583. The van der Waals surface area contributed by atoms with Gasteiger partial charge >= 0.3 is 286 Å². The maximum atomic E-state index is 15.0. The molecule has 0 bridgehead atoms. The molecule has 302 valence electrons. The van der Waals surface area contributed by atoms with Gasteiger partial charge in [0.15, 0.2) is 0 Å². The third kappa shape index (κ3) is 10.3. The first-order valence-corrected chi connectivity index (χ1v) is 25.4. The number of hydrogen-bond acceptors (Lipinski definition) is 7. The van der Waals surface area contributed by atoms with Gasteiger partial charge in [-0.15, -0.1) is 0 Å². The van der Waals surface area contributed by atoms with Crippen LogP contribution in [0, 0.1) is 22.7 Å². The molecule has 0 aromatic heterocycles. The van der Waals surface area contributed by atoms with Gasteiger partial charge in [-0.05, 0) is 20.8 Å². The van der Waals surface area contributed by atoms with Crippen LogP contribution in [0.25, 0.3) is 0 Å². The summed E-state index contributed by atoms with van der Waals surface area (Å²) in [6.45, 7) is 13.4. The predicted molar refractivity (Wildman–Crippen MR) is 215 cm³/mol. The van der Waals surface area contributed by atoms with Gasteiger partial charge in [0.25, 0.3) is 0 Å². The number of nitrogens with zero attached hydrogens (tertiary/aromatic N) is 1. The fourth-order valence-electron chi connectivity index (χ4n) is 8.42. The average molecular weight is 876 g/mol. The Bertz CT molecular complexity index is 1510. The first-order valence-electron chi connectivity index (χ1n) is 20.1. The van der Waals surface area contributed by atoms with Gasteiger partial charge in [-0.3, -0.25) is 0 Å². The topological polar surface area (TPSA) is 171 Å². The summed E-state index contributed by atoms with van der Waals surface area (Å²) in [5.74, 6) is -1.23. The molecule has 5 rings (SSSR count). The van der Waals surface area contributed by atoms with Crippen molar-refractivity contribution in [2.45, 2.75) is 173 Å². The van der Waals surface area contributed by atoms with Gasteiger partial charge in [0, 0.05) is 0 Å². The van der Waals surface area contributed by atoms with Gasteiger partial charge in [-0.25, -0.2) is 8.42 Å². The summed E-state index contributed by atoms with van der Waals surface area (Å²) in [5, 5.41) is 8.98. The second kappa shape index (κ2) is 16.3. The van der Waals surface area contributed by atoms with Crippen LogP contribution in [0.4, 0.5) is 4.79 Å². The van der Waals surface area contributed by atoms with Crippen molar-refractivity contribution in [2.24, 2.45) is 22.7 Å². The minimum absolute atomic E-state index is 0.0331. The first kappa shape index (κ1) is 42.2. The Balaban J connectivity index is 1.40. The summed E-state index contributed by atoms with van der Waals surface area (Å²) >= 11 is -2.97. The number of hydrogen-bond donors (Lipinski definition) is 4. The number of amides is 5. The van der Waals surface area contributed by atoms with Crippen LogP contribution in [-0.4, -0.2) is 86.0 Å². The van der Waals surface area contributed by atoms with Crippen LogP contribution in [0.3, 0.4) is 0 Å². The molecule has 3 atom stereocenters. The van der Waals surface area contributed by atoms with E-state index in [9.17, 15) is 27.6 Å². The third-order valence-corrected chi connectivity index (χ3v) is 20.2. The van der Waals surface area contributed by atoms with Crippen molar-refractivity contribution in [1.29, 1.82) is 0 Å². The van der Waals surface area contributed by atoms with Crippen LogP contribution in [0.1, 0.15) is 145 Å². The first-order chi connectivity index (χ1) is 24.7. The molecule has 1 aliphatic heterocycles. The number of halogens is 1. The summed E-state index contributed by atoms with van der Waals surface area (Å²) in [5.41, 5.74) is -1.96. The molecule has 12 nitrogen and oxygen atoms in total. The maximum absolute atomic E-state index is 15.0. The van der Waals surface area contributed by atoms with E-state index >= 15 is 4.79 Å². The Labute approximate surface area is 325 Å². The Morgan fingerprint density at radius 1 is 0.868 bits per heavy atom. The van der Waals surface area contributed by atoms with E-state index in [1.807, 2.05) is 27.7 Å². The van der Waals surface area contributed by atoms with Crippen LogP contribution in [0.15, 0.2) is 0 Å². The SMILES string of the molecule is CC1[C@@H](C(=O)NI(CCC2CC2)C(=O)C(=O)NC2CC2)N(C(=O)[C@@H](NC(=O)NC2(CS(=O)(=O)C(C)(C)C)CCCCC2)C2(C)CCCCC2)CC1(C)C. The van der Waals surface area contributed by atoms with E-state index < -0.39 is 84.8 Å². The van der Waals surface area contributed by atoms with Gasteiger partial charge in [0.2, 0.25) is 0 Å². The van der Waals surface area contributed by atoms with Gasteiger partial charge in [0.1, 0.15) is 0 Å². The molecule has 0 aromatic rings. The Kier molecular flexibility index (Phi) is 12.9. The fourth-order valence-corrected chi connectivity index (χ4v) is 14.2. The number of urea groups is 1. The van der Waals surface area contributed by atoms with E-state index in [4.69, 9.17) is 0 Å². The van der Waals surface area contributed by atoms with E-state index in [0.29, 0.717) is 29.7 Å². The molecule has 0 aromatic carbocycles. The normalized spacial score (nSPS) is 26.2. The van der Waals surface area contributed by atoms with Crippen LogP contribution in [0.2, 0.25) is 0 Å².